The summed E-state index contributed by atoms with van der Waals surface area (Å²) in [5.41, 5.74) is 0.225. The Morgan fingerprint density at radius 1 is 0.907 bits per heavy atom. The lowest BCUT2D eigenvalue weighted by molar-refractivity contribution is -0.148. The molecule has 0 bridgehead atoms. The minimum Gasteiger partial charge on any atom is -0.444 e. The van der Waals surface area contributed by atoms with Gasteiger partial charge in [0.1, 0.15) is 16.7 Å². The molecule has 4 rings (SSSR count). The summed E-state index contributed by atoms with van der Waals surface area (Å²) in [5, 5.41) is 20.4. The van der Waals surface area contributed by atoms with E-state index in [-0.39, 0.29) is 18.2 Å². The van der Waals surface area contributed by atoms with E-state index >= 15 is 0 Å². The molecule has 228 valence electrons. The Labute approximate surface area is 260 Å². The zero-order chi connectivity index (χ0) is 31.1. The Hall–Kier alpha value is -3.34. The summed E-state index contributed by atoms with van der Waals surface area (Å²) < 4.78 is 12.9. The fraction of sp³-hybridized carbons (Fsp3) is 0.353. The van der Waals surface area contributed by atoms with Gasteiger partial charge in [-0.2, -0.15) is 5.06 Å². The van der Waals surface area contributed by atoms with Crippen LogP contribution < -0.4 is 15.7 Å². The van der Waals surface area contributed by atoms with Gasteiger partial charge in [0.05, 0.1) is 12.6 Å². The summed E-state index contributed by atoms with van der Waals surface area (Å²) in [6.45, 7) is 12.5. The van der Waals surface area contributed by atoms with Gasteiger partial charge in [-0.05, 0) is 41.7 Å². The molecule has 1 heterocycles. The maximum Gasteiger partial charge on any atom is 0.408 e. The molecule has 0 aliphatic heterocycles. The number of nitrogens with zero attached hydrogens (tertiary/aromatic N) is 2. The topological polar surface area (TPSA) is 83.9 Å². The van der Waals surface area contributed by atoms with E-state index in [4.69, 9.17) is 9.16 Å². The number of nitrogens with one attached hydrogen (secondary N) is 1. The molecule has 1 aromatic heterocycles. The molecule has 4 aromatic rings. The molecule has 0 unspecified atom stereocenters. The minimum atomic E-state index is -2.96. The highest BCUT2D eigenvalue weighted by Gasteiger charge is 2.51. The number of aromatic nitrogens is 1. The van der Waals surface area contributed by atoms with Gasteiger partial charge in [-0.1, -0.05) is 112 Å². The van der Waals surface area contributed by atoms with Crippen molar-refractivity contribution in [1.29, 1.82) is 0 Å². The first-order chi connectivity index (χ1) is 20.4. The van der Waals surface area contributed by atoms with Crippen molar-refractivity contribution >= 4 is 36.1 Å². The van der Waals surface area contributed by atoms with Gasteiger partial charge in [-0.3, -0.25) is 0 Å². The number of alkyl carbamates (subject to hydrolysis) is 1. The molecule has 3 aromatic carbocycles. The monoisotopic (exact) mass is 617 g/mol. The van der Waals surface area contributed by atoms with Gasteiger partial charge >= 0.3 is 6.09 Å². The largest absolute Gasteiger partial charge is 0.444 e. The molecule has 0 saturated heterocycles. The second-order valence-electron chi connectivity index (χ2n) is 12.6. The molecule has 0 spiro atoms. The third-order valence-corrected chi connectivity index (χ3v) is 13.0. The maximum absolute atomic E-state index is 13.3. The van der Waals surface area contributed by atoms with Gasteiger partial charge in [-0.15, -0.1) is 11.3 Å². The lowest BCUT2D eigenvalue weighted by atomic mass is 10.1. The second kappa shape index (κ2) is 14.0. The molecule has 2 N–H and O–H groups in total. The van der Waals surface area contributed by atoms with Crippen molar-refractivity contribution in [3.63, 3.8) is 0 Å². The standard InChI is InChI=1S/C34H43N3O4SSi/c1-33(2,3)41-32(38)36-29(30(31-35-22-23-42-31)37(39)24-26-16-10-7-11-17-26)25-40-43(34(4,5)6,27-18-12-8-13-19-27)28-20-14-9-15-21-28/h7-23,29-30,39H,24-25H2,1-6H3,(H,36,38)/t29-,30+/m0/s1. The van der Waals surface area contributed by atoms with Gasteiger partial charge < -0.3 is 19.7 Å². The molecule has 43 heavy (non-hydrogen) atoms. The average Bonchev–Trinajstić information content (AvgIpc) is 3.48. The molecule has 0 aliphatic carbocycles. The van der Waals surface area contributed by atoms with Crippen molar-refractivity contribution in [2.75, 3.05) is 6.61 Å². The van der Waals surface area contributed by atoms with Crippen LogP contribution in [0.5, 0.6) is 0 Å². The van der Waals surface area contributed by atoms with E-state index in [1.165, 1.54) is 16.4 Å². The molecule has 7 nitrogen and oxygen atoms in total. The van der Waals surface area contributed by atoms with Crippen LogP contribution in [-0.2, 0) is 15.7 Å². The number of thiazole rings is 1. The summed E-state index contributed by atoms with van der Waals surface area (Å²) >= 11 is 1.42. The molecule has 0 radical (unpaired) electrons. The normalized spacial score (nSPS) is 13.9. The Bertz CT molecular complexity index is 1370. The van der Waals surface area contributed by atoms with E-state index in [2.05, 4.69) is 55.3 Å². The first-order valence-corrected chi connectivity index (χ1v) is 17.3. The highest BCUT2D eigenvalue weighted by atomic mass is 32.1. The number of rotatable bonds is 11. The zero-order valence-corrected chi connectivity index (χ0v) is 27.7. The maximum atomic E-state index is 13.3. The Kier molecular flexibility index (Phi) is 10.6. The Balaban J connectivity index is 1.79. The first kappa shape index (κ1) is 32.6. The summed E-state index contributed by atoms with van der Waals surface area (Å²) in [4.78, 5) is 17.9. The van der Waals surface area contributed by atoms with Crippen molar-refractivity contribution in [3.05, 3.63) is 113 Å². The number of hydrogen-bond donors (Lipinski definition) is 2. The van der Waals surface area contributed by atoms with Crippen LogP contribution in [0.4, 0.5) is 4.79 Å². The highest BCUT2D eigenvalue weighted by molar-refractivity contribution is 7.09. The van der Waals surface area contributed by atoms with E-state index in [1.807, 2.05) is 92.9 Å². The number of benzene rings is 3. The molecule has 0 fully saturated rings. The van der Waals surface area contributed by atoms with Crippen LogP contribution in [0, 0.1) is 0 Å². The van der Waals surface area contributed by atoms with E-state index in [1.54, 1.807) is 6.20 Å². The van der Waals surface area contributed by atoms with E-state index in [0.717, 1.165) is 15.9 Å². The molecular formula is C34H43N3O4SSi. The predicted octanol–water partition coefficient (Wildman–Crippen LogP) is 6.55. The number of hydrogen-bond acceptors (Lipinski definition) is 7. The van der Waals surface area contributed by atoms with Crippen molar-refractivity contribution in [3.8, 4) is 0 Å². The molecule has 0 aliphatic rings. The number of carbonyl (C=O) groups excluding carboxylic acids is 1. The zero-order valence-electron chi connectivity index (χ0n) is 25.9. The Morgan fingerprint density at radius 3 is 1.91 bits per heavy atom. The van der Waals surface area contributed by atoms with Crippen LogP contribution in [0.15, 0.2) is 103 Å². The number of hydroxylamine groups is 2. The predicted molar refractivity (Wildman–Crippen MR) is 175 cm³/mol. The van der Waals surface area contributed by atoms with Crippen LogP contribution in [0.3, 0.4) is 0 Å². The summed E-state index contributed by atoms with van der Waals surface area (Å²) in [6, 6.07) is 29.0. The third kappa shape index (κ3) is 8.19. The molecule has 9 heteroatoms. The molecule has 2 atom stereocenters. The first-order valence-electron chi connectivity index (χ1n) is 14.5. The van der Waals surface area contributed by atoms with Crippen LogP contribution >= 0.6 is 11.3 Å². The molecule has 1 amide bonds. The summed E-state index contributed by atoms with van der Waals surface area (Å²) in [6.07, 6.45) is 1.12. The minimum absolute atomic E-state index is 0.114. The lowest BCUT2D eigenvalue weighted by Gasteiger charge is -2.44. The number of amides is 1. The van der Waals surface area contributed by atoms with E-state index < -0.39 is 32.1 Å². The number of carbonyl (C=O) groups is 1. The fourth-order valence-corrected chi connectivity index (χ4v) is 10.8. The number of ether oxygens (including phenoxy) is 1. The van der Waals surface area contributed by atoms with Crippen molar-refractivity contribution in [1.82, 2.24) is 15.4 Å². The SMILES string of the molecule is CC(C)(C)OC(=O)N[C@@H](CO[Si](c1ccccc1)(c1ccccc1)C(C)(C)C)[C@H](c1nccs1)N(O)Cc1ccccc1. The molecular weight excluding hydrogens is 575 g/mol. The van der Waals surface area contributed by atoms with Crippen LogP contribution in [0.25, 0.3) is 0 Å². The van der Waals surface area contributed by atoms with Crippen LogP contribution in [0.1, 0.15) is 58.2 Å². The van der Waals surface area contributed by atoms with Crippen molar-refractivity contribution in [2.45, 2.75) is 70.8 Å². The van der Waals surface area contributed by atoms with Gasteiger partial charge in [0.15, 0.2) is 0 Å². The van der Waals surface area contributed by atoms with Gasteiger partial charge in [0.25, 0.3) is 8.32 Å². The highest BCUT2D eigenvalue weighted by Crippen LogP contribution is 2.38. The lowest BCUT2D eigenvalue weighted by Crippen LogP contribution is -2.67. The quantitative estimate of drug-likeness (QED) is 0.147. The van der Waals surface area contributed by atoms with E-state index in [9.17, 15) is 10.0 Å². The van der Waals surface area contributed by atoms with Gasteiger partial charge in [-0.25, -0.2) is 9.78 Å². The van der Waals surface area contributed by atoms with E-state index in [0.29, 0.717) is 5.01 Å². The second-order valence-corrected chi connectivity index (χ2v) is 17.9. The fourth-order valence-electron chi connectivity index (χ4n) is 5.40. The Morgan fingerprint density at radius 2 is 1.44 bits per heavy atom. The van der Waals surface area contributed by atoms with Gasteiger partial charge in [0.2, 0.25) is 0 Å². The van der Waals surface area contributed by atoms with Crippen molar-refractivity contribution < 1.29 is 19.2 Å². The third-order valence-electron chi connectivity index (χ3n) is 7.19. The average molecular weight is 618 g/mol. The van der Waals surface area contributed by atoms with Crippen LogP contribution in [-0.4, -0.2) is 47.9 Å². The smallest absolute Gasteiger partial charge is 0.408 e. The molecule has 0 saturated carbocycles. The summed E-state index contributed by atoms with van der Waals surface area (Å²) in [7, 11) is -2.96. The van der Waals surface area contributed by atoms with Gasteiger partial charge in [0, 0.05) is 18.1 Å². The van der Waals surface area contributed by atoms with Crippen LogP contribution in [0.2, 0.25) is 5.04 Å². The summed E-state index contributed by atoms with van der Waals surface area (Å²) in [5.74, 6) is 0. The van der Waals surface area contributed by atoms with Crippen molar-refractivity contribution in [2.24, 2.45) is 0 Å².